The molecule has 0 fully saturated rings. The molecular weight excluding hydrogens is 334 g/mol. The third-order valence-corrected chi connectivity index (χ3v) is 7.65. The van der Waals surface area contributed by atoms with Crippen LogP contribution >= 0.6 is 34.3 Å². The minimum atomic E-state index is -3.49. The van der Waals surface area contributed by atoms with E-state index in [2.05, 4.69) is 0 Å². The molecule has 3 nitrogen and oxygen atoms in total. The Hall–Kier alpha value is -0.400. The van der Waals surface area contributed by atoms with E-state index < -0.39 is 10.0 Å². The Morgan fingerprint density at radius 1 is 1.35 bits per heavy atom. The molecule has 0 aliphatic carbocycles. The fourth-order valence-electron chi connectivity index (χ4n) is 2.00. The summed E-state index contributed by atoms with van der Waals surface area (Å²) < 4.78 is 27.2. The van der Waals surface area contributed by atoms with Crippen LogP contribution in [0.1, 0.15) is 22.2 Å². The highest BCUT2D eigenvalue weighted by molar-refractivity contribution is 7.89. The van der Waals surface area contributed by atoms with Crippen LogP contribution in [0.4, 0.5) is 0 Å². The standard InChI is InChI=1S/C13H16ClNO2S3/c1-3-15(8-11-5-4-6-18-11)20(16,17)13-10(2)9-19-12(13)7-14/h4-6,9H,3,7-8H2,1-2H3. The smallest absolute Gasteiger partial charge is 0.207 e. The molecule has 0 unspecified atom stereocenters. The molecule has 2 aromatic heterocycles. The van der Waals surface area contributed by atoms with Gasteiger partial charge in [0, 0.05) is 22.8 Å². The average Bonchev–Trinajstić information content (AvgIpc) is 3.04. The molecule has 0 N–H and O–H groups in total. The Morgan fingerprint density at radius 2 is 2.10 bits per heavy atom. The van der Waals surface area contributed by atoms with E-state index in [0.29, 0.717) is 22.9 Å². The van der Waals surface area contributed by atoms with Crippen LogP contribution in [0.2, 0.25) is 0 Å². The number of aryl methyl sites for hydroxylation is 1. The molecule has 2 heterocycles. The van der Waals surface area contributed by atoms with Crippen molar-refractivity contribution < 1.29 is 8.42 Å². The lowest BCUT2D eigenvalue weighted by atomic mass is 10.3. The van der Waals surface area contributed by atoms with Crippen LogP contribution in [-0.4, -0.2) is 19.3 Å². The number of alkyl halides is 1. The SMILES string of the molecule is CCN(Cc1cccs1)S(=O)(=O)c1c(C)csc1CCl. The van der Waals surface area contributed by atoms with Crippen LogP contribution < -0.4 is 0 Å². The van der Waals surface area contributed by atoms with Gasteiger partial charge in [-0.3, -0.25) is 0 Å². The Bertz CT molecular complexity index is 662. The average molecular weight is 350 g/mol. The van der Waals surface area contributed by atoms with Crippen LogP contribution in [0.5, 0.6) is 0 Å². The zero-order valence-electron chi connectivity index (χ0n) is 11.3. The van der Waals surface area contributed by atoms with E-state index in [0.717, 1.165) is 10.4 Å². The summed E-state index contributed by atoms with van der Waals surface area (Å²) in [5, 5.41) is 3.80. The quantitative estimate of drug-likeness (QED) is 0.737. The second-order valence-corrected chi connectivity index (χ2v) is 8.45. The highest BCUT2D eigenvalue weighted by atomic mass is 35.5. The monoisotopic (exact) mass is 349 g/mol. The molecule has 0 amide bonds. The summed E-state index contributed by atoms with van der Waals surface area (Å²) in [4.78, 5) is 2.14. The normalized spacial score (nSPS) is 12.2. The first-order valence-electron chi connectivity index (χ1n) is 6.16. The summed E-state index contributed by atoms with van der Waals surface area (Å²) in [5.74, 6) is 0.226. The van der Waals surface area contributed by atoms with Crippen LogP contribution in [0, 0.1) is 6.92 Å². The van der Waals surface area contributed by atoms with Crippen LogP contribution in [0.3, 0.4) is 0 Å². The van der Waals surface area contributed by atoms with Gasteiger partial charge in [0.05, 0.1) is 5.88 Å². The molecule has 110 valence electrons. The number of rotatable bonds is 6. The number of sulfonamides is 1. The zero-order chi connectivity index (χ0) is 14.8. The van der Waals surface area contributed by atoms with Gasteiger partial charge in [0.15, 0.2) is 0 Å². The van der Waals surface area contributed by atoms with Crippen molar-refractivity contribution in [2.24, 2.45) is 0 Å². The lowest BCUT2D eigenvalue weighted by Crippen LogP contribution is -2.30. The lowest BCUT2D eigenvalue weighted by molar-refractivity contribution is 0.426. The van der Waals surface area contributed by atoms with Crippen molar-refractivity contribution in [3.05, 3.63) is 38.2 Å². The molecule has 0 aliphatic rings. The first kappa shape index (κ1) is 16.0. The van der Waals surface area contributed by atoms with Gasteiger partial charge in [0.1, 0.15) is 4.90 Å². The summed E-state index contributed by atoms with van der Waals surface area (Å²) >= 11 is 8.84. The predicted molar refractivity (Wildman–Crippen MR) is 86.2 cm³/mol. The molecule has 2 rings (SSSR count). The summed E-state index contributed by atoms with van der Waals surface area (Å²) in [5.41, 5.74) is 0.773. The zero-order valence-corrected chi connectivity index (χ0v) is 14.5. The minimum absolute atomic E-state index is 0.226. The van der Waals surface area contributed by atoms with Gasteiger partial charge in [0.25, 0.3) is 0 Å². The van der Waals surface area contributed by atoms with Gasteiger partial charge in [0.2, 0.25) is 10.0 Å². The van der Waals surface area contributed by atoms with Crippen LogP contribution in [-0.2, 0) is 22.4 Å². The molecule has 0 spiro atoms. The molecular formula is C13H16ClNO2S3. The van der Waals surface area contributed by atoms with Crippen molar-refractivity contribution in [3.63, 3.8) is 0 Å². The highest BCUT2D eigenvalue weighted by Gasteiger charge is 2.28. The molecule has 0 atom stereocenters. The Balaban J connectivity index is 2.39. The van der Waals surface area contributed by atoms with Gasteiger partial charge < -0.3 is 0 Å². The van der Waals surface area contributed by atoms with Crippen LogP contribution in [0.25, 0.3) is 0 Å². The molecule has 7 heteroatoms. The van der Waals surface area contributed by atoms with Gasteiger partial charge in [-0.25, -0.2) is 8.42 Å². The van der Waals surface area contributed by atoms with E-state index >= 15 is 0 Å². The van der Waals surface area contributed by atoms with E-state index in [9.17, 15) is 8.42 Å². The third kappa shape index (κ3) is 3.09. The lowest BCUT2D eigenvalue weighted by Gasteiger charge is -2.20. The van der Waals surface area contributed by atoms with E-state index in [-0.39, 0.29) is 5.88 Å². The van der Waals surface area contributed by atoms with E-state index in [4.69, 9.17) is 11.6 Å². The molecule has 20 heavy (non-hydrogen) atoms. The third-order valence-electron chi connectivity index (χ3n) is 2.97. The van der Waals surface area contributed by atoms with Gasteiger partial charge in [-0.1, -0.05) is 13.0 Å². The van der Waals surface area contributed by atoms with Crippen molar-refractivity contribution in [3.8, 4) is 0 Å². The first-order valence-corrected chi connectivity index (χ1v) is 9.89. The molecule has 0 saturated heterocycles. The maximum atomic E-state index is 12.8. The molecule has 0 saturated carbocycles. The Labute approximate surface area is 132 Å². The number of hydrogen-bond acceptors (Lipinski definition) is 4. The molecule has 2 aromatic rings. The minimum Gasteiger partial charge on any atom is -0.207 e. The largest absolute Gasteiger partial charge is 0.244 e. The van der Waals surface area contributed by atoms with Gasteiger partial charge in [-0.05, 0) is 29.3 Å². The summed E-state index contributed by atoms with van der Waals surface area (Å²) in [6, 6.07) is 3.88. The Morgan fingerprint density at radius 3 is 2.65 bits per heavy atom. The topological polar surface area (TPSA) is 37.4 Å². The summed E-state index contributed by atoms with van der Waals surface area (Å²) in [6.07, 6.45) is 0. The number of hydrogen-bond donors (Lipinski definition) is 0. The highest BCUT2D eigenvalue weighted by Crippen LogP contribution is 2.31. The van der Waals surface area contributed by atoms with Crippen molar-refractivity contribution in [1.82, 2.24) is 4.31 Å². The Kier molecular flexibility index (Phi) is 5.25. The van der Waals surface area contributed by atoms with Gasteiger partial charge >= 0.3 is 0 Å². The maximum Gasteiger partial charge on any atom is 0.244 e. The number of thiophene rings is 2. The van der Waals surface area contributed by atoms with Crippen molar-refractivity contribution in [2.75, 3.05) is 6.54 Å². The van der Waals surface area contributed by atoms with Crippen molar-refractivity contribution in [1.29, 1.82) is 0 Å². The second-order valence-electron chi connectivity index (χ2n) is 4.32. The second kappa shape index (κ2) is 6.58. The fourth-order valence-corrected chi connectivity index (χ4v) is 6.24. The molecule has 0 aliphatic heterocycles. The molecule has 0 aromatic carbocycles. The van der Waals surface area contributed by atoms with E-state index in [1.54, 1.807) is 11.3 Å². The molecule has 0 radical (unpaired) electrons. The van der Waals surface area contributed by atoms with Gasteiger partial charge in [-0.15, -0.1) is 34.3 Å². The van der Waals surface area contributed by atoms with E-state index in [1.165, 1.54) is 15.6 Å². The van der Waals surface area contributed by atoms with Crippen molar-refractivity contribution >= 4 is 44.3 Å². The summed E-state index contributed by atoms with van der Waals surface area (Å²) in [6.45, 7) is 4.52. The number of nitrogens with zero attached hydrogens (tertiary/aromatic N) is 1. The van der Waals surface area contributed by atoms with Crippen molar-refractivity contribution in [2.45, 2.75) is 31.2 Å². The molecule has 0 bridgehead atoms. The van der Waals surface area contributed by atoms with E-state index in [1.807, 2.05) is 36.7 Å². The van der Waals surface area contributed by atoms with Crippen LogP contribution in [0.15, 0.2) is 27.8 Å². The first-order chi connectivity index (χ1) is 9.50. The maximum absolute atomic E-state index is 12.8. The summed E-state index contributed by atoms with van der Waals surface area (Å²) in [7, 11) is -3.49. The number of halogens is 1. The van der Waals surface area contributed by atoms with Gasteiger partial charge in [-0.2, -0.15) is 4.31 Å². The fraction of sp³-hybridized carbons (Fsp3) is 0.385. The predicted octanol–water partition coefficient (Wildman–Crippen LogP) is 4.07.